The van der Waals surface area contributed by atoms with E-state index in [1.54, 1.807) is 13.8 Å². The maximum atomic E-state index is 12.8. The van der Waals surface area contributed by atoms with Crippen LogP contribution in [0.1, 0.15) is 33.1 Å². The second-order valence-corrected chi connectivity index (χ2v) is 8.74. The van der Waals surface area contributed by atoms with Crippen LogP contribution in [-0.4, -0.2) is 82.2 Å². The summed E-state index contributed by atoms with van der Waals surface area (Å²) in [5.41, 5.74) is 5.76. The zero-order valence-electron chi connectivity index (χ0n) is 17.1. The van der Waals surface area contributed by atoms with E-state index in [0.29, 0.717) is 31.6 Å². The number of nitrogens with zero attached hydrogens (tertiary/aromatic N) is 1. The van der Waals surface area contributed by atoms with Gasteiger partial charge in [0, 0.05) is 12.3 Å². The van der Waals surface area contributed by atoms with Crippen molar-refractivity contribution in [2.24, 2.45) is 11.7 Å². The molecule has 0 aliphatic carbocycles. The third-order valence-corrected chi connectivity index (χ3v) is 5.86. The average Bonchev–Trinajstić information content (AvgIpc) is 3.16. The fraction of sp³-hybridized carbons (Fsp3) is 0.778. The zero-order valence-corrected chi connectivity index (χ0v) is 18.8. The number of carbonyl (C=O) groups is 4. The van der Waals surface area contributed by atoms with Gasteiger partial charge in [-0.1, -0.05) is 13.8 Å². The molecule has 166 valence electrons. The van der Waals surface area contributed by atoms with E-state index >= 15 is 0 Å². The van der Waals surface area contributed by atoms with Crippen LogP contribution in [0.25, 0.3) is 0 Å². The summed E-state index contributed by atoms with van der Waals surface area (Å²) in [7, 11) is 0. The van der Waals surface area contributed by atoms with Crippen molar-refractivity contribution < 1.29 is 24.3 Å². The average molecular weight is 449 g/mol. The maximum absolute atomic E-state index is 12.8. The highest BCUT2D eigenvalue weighted by atomic mass is 32.2. The Hall–Kier alpha value is -1.46. The highest BCUT2D eigenvalue weighted by molar-refractivity contribution is 7.98. The lowest BCUT2D eigenvalue weighted by molar-refractivity contribution is -0.144. The molecule has 0 saturated carbocycles. The molecule has 1 fully saturated rings. The predicted molar refractivity (Wildman–Crippen MR) is 116 cm³/mol. The number of thioether (sulfide) groups is 1. The van der Waals surface area contributed by atoms with E-state index in [-0.39, 0.29) is 17.6 Å². The smallest absolute Gasteiger partial charge is 0.326 e. The Morgan fingerprint density at radius 1 is 1.28 bits per heavy atom. The summed E-state index contributed by atoms with van der Waals surface area (Å²) in [6.07, 6.45) is 3.37. The Kier molecular flexibility index (Phi) is 10.8. The van der Waals surface area contributed by atoms with Gasteiger partial charge in [0.05, 0.1) is 6.04 Å². The normalized spacial score (nSPS) is 19.5. The first kappa shape index (κ1) is 25.6. The molecule has 1 aliphatic rings. The van der Waals surface area contributed by atoms with Gasteiger partial charge in [0.1, 0.15) is 18.1 Å². The molecule has 1 aliphatic heterocycles. The van der Waals surface area contributed by atoms with Crippen molar-refractivity contribution >= 4 is 48.1 Å². The summed E-state index contributed by atoms with van der Waals surface area (Å²) < 4.78 is 0. The topological polar surface area (TPSA) is 142 Å². The number of nitrogens with one attached hydrogen (secondary N) is 2. The van der Waals surface area contributed by atoms with Crippen LogP contribution >= 0.6 is 24.4 Å². The Labute approximate surface area is 181 Å². The van der Waals surface area contributed by atoms with E-state index in [9.17, 15) is 24.3 Å². The Bertz CT molecular complexity index is 605. The molecule has 1 rings (SSSR count). The molecule has 4 atom stereocenters. The van der Waals surface area contributed by atoms with Gasteiger partial charge in [0.15, 0.2) is 0 Å². The number of nitrogens with two attached hydrogens (primary N) is 1. The number of carboxylic acid groups (broad SMARTS) is 1. The number of thiol groups is 1. The predicted octanol–water partition coefficient (Wildman–Crippen LogP) is -0.302. The summed E-state index contributed by atoms with van der Waals surface area (Å²) in [5, 5.41) is 14.5. The van der Waals surface area contributed by atoms with Gasteiger partial charge in [-0.15, -0.1) is 0 Å². The zero-order chi connectivity index (χ0) is 22.1. The lowest BCUT2D eigenvalue weighted by atomic mass is 10.0. The van der Waals surface area contributed by atoms with E-state index in [2.05, 4.69) is 23.3 Å². The van der Waals surface area contributed by atoms with Crippen LogP contribution in [0.5, 0.6) is 0 Å². The standard InChI is InChI=1S/C18H32N4O5S2/c1-10(2)14(18(26)27)21-15(23)12(6-8-29-3)20-16(24)13-5-4-7-22(13)17(25)11(19)9-28/h10-14,28H,4-9,19H2,1-3H3,(H,20,24)(H,21,23)(H,26,27). The van der Waals surface area contributed by atoms with E-state index in [1.165, 1.54) is 16.7 Å². The van der Waals surface area contributed by atoms with Crippen LogP contribution in [0.3, 0.4) is 0 Å². The van der Waals surface area contributed by atoms with Crippen molar-refractivity contribution in [2.75, 3.05) is 24.3 Å². The highest BCUT2D eigenvalue weighted by Gasteiger charge is 2.37. The van der Waals surface area contributed by atoms with Crippen molar-refractivity contribution in [3.05, 3.63) is 0 Å². The summed E-state index contributed by atoms with van der Waals surface area (Å²) in [5.74, 6) is -1.97. The van der Waals surface area contributed by atoms with Crippen LogP contribution in [0.2, 0.25) is 0 Å². The quantitative estimate of drug-likeness (QED) is 0.273. The fourth-order valence-corrected chi connectivity index (χ4v) is 3.76. The number of carbonyl (C=O) groups excluding carboxylic acids is 3. The van der Waals surface area contributed by atoms with E-state index < -0.39 is 42.0 Å². The van der Waals surface area contributed by atoms with E-state index in [4.69, 9.17) is 5.73 Å². The molecule has 1 heterocycles. The van der Waals surface area contributed by atoms with Crippen molar-refractivity contribution in [1.82, 2.24) is 15.5 Å². The van der Waals surface area contributed by atoms with Gasteiger partial charge in [0.25, 0.3) is 0 Å². The molecule has 0 radical (unpaired) electrons. The first-order chi connectivity index (χ1) is 13.6. The van der Waals surface area contributed by atoms with Gasteiger partial charge >= 0.3 is 5.97 Å². The second kappa shape index (κ2) is 12.3. The molecule has 3 amide bonds. The van der Waals surface area contributed by atoms with Gasteiger partial charge in [-0.05, 0) is 37.2 Å². The molecule has 0 bridgehead atoms. The van der Waals surface area contributed by atoms with Crippen LogP contribution in [-0.2, 0) is 19.2 Å². The van der Waals surface area contributed by atoms with Crippen LogP contribution in [0.4, 0.5) is 0 Å². The molecule has 0 aromatic rings. The molecule has 9 nitrogen and oxygen atoms in total. The molecule has 0 aromatic carbocycles. The molecule has 4 unspecified atom stereocenters. The molecule has 29 heavy (non-hydrogen) atoms. The molecule has 1 saturated heterocycles. The first-order valence-electron chi connectivity index (χ1n) is 9.63. The van der Waals surface area contributed by atoms with E-state index in [1.807, 2.05) is 6.26 Å². The number of carboxylic acids is 1. The maximum Gasteiger partial charge on any atom is 0.326 e. The Balaban J connectivity index is 2.88. The Morgan fingerprint density at radius 2 is 1.93 bits per heavy atom. The van der Waals surface area contributed by atoms with E-state index in [0.717, 1.165) is 0 Å². The second-order valence-electron chi connectivity index (χ2n) is 7.39. The van der Waals surface area contributed by atoms with Gasteiger partial charge < -0.3 is 26.4 Å². The molecular weight excluding hydrogens is 416 g/mol. The number of rotatable bonds is 11. The monoisotopic (exact) mass is 448 g/mol. The van der Waals surface area contributed by atoms with Crippen molar-refractivity contribution in [3.8, 4) is 0 Å². The summed E-state index contributed by atoms with van der Waals surface area (Å²) in [4.78, 5) is 50.7. The lowest BCUT2D eigenvalue weighted by Gasteiger charge is -2.28. The molecule has 11 heteroatoms. The minimum Gasteiger partial charge on any atom is -0.480 e. The molecule has 0 aromatic heterocycles. The fourth-order valence-electron chi connectivity index (χ4n) is 3.13. The molecule has 0 spiro atoms. The van der Waals surface area contributed by atoms with Crippen LogP contribution in [0, 0.1) is 5.92 Å². The molecular formula is C18H32N4O5S2. The SMILES string of the molecule is CSCCC(NC(=O)C1CCCN1C(=O)C(N)CS)C(=O)NC(C(=O)O)C(C)C. The van der Waals surface area contributed by atoms with Crippen LogP contribution in [0.15, 0.2) is 0 Å². The van der Waals surface area contributed by atoms with Crippen molar-refractivity contribution in [3.63, 3.8) is 0 Å². The number of aliphatic carboxylic acids is 1. The number of likely N-dealkylation sites (tertiary alicyclic amines) is 1. The number of hydrogen-bond acceptors (Lipinski definition) is 7. The van der Waals surface area contributed by atoms with Crippen LogP contribution < -0.4 is 16.4 Å². The summed E-state index contributed by atoms with van der Waals surface area (Å²) >= 11 is 5.55. The lowest BCUT2D eigenvalue weighted by Crippen LogP contribution is -2.57. The third kappa shape index (κ3) is 7.38. The minimum atomic E-state index is -1.13. The summed E-state index contributed by atoms with van der Waals surface area (Å²) in [6.45, 7) is 3.82. The van der Waals surface area contributed by atoms with Crippen molar-refractivity contribution in [2.45, 2.75) is 57.3 Å². The highest BCUT2D eigenvalue weighted by Crippen LogP contribution is 2.19. The van der Waals surface area contributed by atoms with Gasteiger partial charge in [-0.25, -0.2) is 4.79 Å². The van der Waals surface area contributed by atoms with Gasteiger partial charge in [-0.2, -0.15) is 24.4 Å². The number of amides is 3. The first-order valence-corrected chi connectivity index (χ1v) is 11.7. The van der Waals surface area contributed by atoms with Gasteiger partial charge in [0.2, 0.25) is 17.7 Å². The minimum absolute atomic E-state index is 0.175. The Morgan fingerprint density at radius 3 is 2.45 bits per heavy atom. The summed E-state index contributed by atoms with van der Waals surface area (Å²) in [6, 6.07) is -3.41. The molecule has 5 N–H and O–H groups in total. The largest absolute Gasteiger partial charge is 0.480 e. The third-order valence-electron chi connectivity index (χ3n) is 4.83. The van der Waals surface area contributed by atoms with Gasteiger partial charge in [-0.3, -0.25) is 14.4 Å². The number of hydrogen-bond donors (Lipinski definition) is 5. The van der Waals surface area contributed by atoms with Crippen molar-refractivity contribution in [1.29, 1.82) is 0 Å².